The van der Waals surface area contributed by atoms with Gasteiger partial charge in [-0.05, 0) is 19.8 Å². The van der Waals surface area contributed by atoms with E-state index in [9.17, 15) is 9.59 Å². The molecule has 0 aromatic carbocycles. The topological polar surface area (TPSA) is 97.1 Å². The second kappa shape index (κ2) is 6.55. The van der Waals surface area contributed by atoms with E-state index in [-0.39, 0.29) is 24.1 Å². The van der Waals surface area contributed by atoms with Gasteiger partial charge in [0.2, 0.25) is 17.7 Å². The van der Waals surface area contributed by atoms with E-state index in [1.165, 1.54) is 11.8 Å². The maximum Gasteiger partial charge on any atom is 0.277 e. The van der Waals surface area contributed by atoms with Crippen LogP contribution >= 0.6 is 11.8 Å². The first-order valence-electron chi connectivity index (χ1n) is 6.18. The number of aromatic nitrogens is 2. The van der Waals surface area contributed by atoms with Crippen LogP contribution in [0, 0.1) is 0 Å². The number of carbonyl (C=O) groups is 2. The summed E-state index contributed by atoms with van der Waals surface area (Å²) in [4.78, 5) is 22.6. The van der Waals surface area contributed by atoms with Gasteiger partial charge in [0.05, 0.1) is 12.3 Å². The summed E-state index contributed by atoms with van der Waals surface area (Å²) in [7, 11) is 0. The van der Waals surface area contributed by atoms with Crippen LogP contribution in [-0.4, -0.2) is 40.9 Å². The number of likely N-dealkylation sites (N-methyl/N-ethyl adjacent to an activating group) is 1. The molecule has 1 aromatic heterocycles. The smallest absolute Gasteiger partial charge is 0.277 e. The lowest BCUT2D eigenvalue weighted by Crippen LogP contribution is -2.37. The maximum atomic E-state index is 11.5. The molecule has 1 saturated carbocycles. The summed E-state index contributed by atoms with van der Waals surface area (Å²) in [6, 6.07) is 0. The third kappa shape index (κ3) is 4.55. The van der Waals surface area contributed by atoms with Crippen molar-refractivity contribution in [1.82, 2.24) is 20.8 Å². The van der Waals surface area contributed by atoms with Gasteiger partial charge >= 0.3 is 0 Å². The molecule has 0 saturated heterocycles. The lowest BCUT2D eigenvalue weighted by Gasteiger charge is -2.03. The highest BCUT2D eigenvalue weighted by atomic mass is 32.2. The summed E-state index contributed by atoms with van der Waals surface area (Å²) in [6.07, 6.45) is 2.19. The maximum absolute atomic E-state index is 11.5. The van der Waals surface area contributed by atoms with E-state index in [4.69, 9.17) is 4.42 Å². The molecule has 0 atom stereocenters. The average Bonchev–Trinajstić information content (AvgIpc) is 3.14. The summed E-state index contributed by atoms with van der Waals surface area (Å²) in [5.74, 6) is 0.793. The fraction of sp³-hybridized carbons (Fsp3) is 0.636. The number of hydrogen-bond acceptors (Lipinski definition) is 6. The van der Waals surface area contributed by atoms with Crippen LogP contribution in [-0.2, 0) is 9.59 Å². The number of carbonyl (C=O) groups excluding carboxylic acids is 2. The number of nitrogens with one attached hydrogen (secondary N) is 2. The molecular formula is C11H16N4O3S. The van der Waals surface area contributed by atoms with Crippen molar-refractivity contribution in [2.75, 3.05) is 18.8 Å². The Morgan fingerprint density at radius 2 is 2.11 bits per heavy atom. The summed E-state index contributed by atoms with van der Waals surface area (Å²) in [5.41, 5.74) is 0. The van der Waals surface area contributed by atoms with Crippen LogP contribution in [0.4, 0.5) is 0 Å². The normalized spacial score (nSPS) is 14.2. The van der Waals surface area contributed by atoms with Crippen LogP contribution < -0.4 is 10.6 Å². The molecule has 19 heavy (non-hydrogen) atoms. The van der Waals surface area contributed by atoms with Gasteiger partial charge in [-0.2, -0.15) is 0 Å². The number of nitrogens with zero attached hydrogens (tertiary/aromatic N) is 2. The molecule has 0 spiro atoms. The number of rotatable bonds is 7. The van der Waals surface area contributed by atoms with E-state index < -0.39 is 0 Å². The van der Waals surface area contributed by atoms with Gasteiger partial charge < -0.3 is 15.1 Å². The van der Waals surface area contributed by atoms with Crippen LogP contribution in [0.1, 0.15) is 31.6 Å². The molecule has 7 nitrogen and oxygen atoms in total. The number of amides is 2. The molecular weight excluding hydrogens is 268 g/mol. The summed E-state index contributed by atoms with van der Waals surface area (Å²) in [6.45, 7) is 2.36. The zero-order valence-electron chi connectivity index (χ0n) is 10.6. The second-order valence-corrected chi connectivity index (χ2v) is 5.13. The van der Waals surface area contributed by atoms with E-state index >= 15 is 0 Å². The van der Waals surface area contributed by atoms with E-state index in [1.54, 1.807) is 0 Å². The van der Waals surface area contributed by atoms with Gasteiger partial charge in [0.15, 0.2) is 0 Å². The van der Waals surface area contributed by atoms with Crippen molar-refractivity contribution >= 4 is 23.6 Å². The van der Waals surface area contributed by atoms with Crippen LogP contribution in [0.3, 0.4) is 0 Å². The summed E-state index contributed by atoms with van der Waals surface area (Å²) in [5, 5.41) is 13.3. The standard InChI is InChI=1S/C11H16N4O3S/c1-2-12-8(16)5-13-9(17)6-19-11-15-14-10(18-11)7-3-4-7/h7H,2-6H2,1H3,(H,12,16)(H,13,17). The Morgan fingerprint density at radius 3 is 2.79 bits per heavy atom. The zero-order valence-corrected chi connectivity index (χ0v) is 11.5. The largest absolute Gasteiger partial charge is 0.416 e. The van der Waals surface area contributed by atoms with Crippen LogP contribution in [0.25, 0.3) is 0 Å². The SMILES string of the molecule is CCNC(=O)CNC(=O)CSc1nnc(C2CC2)o1. The lowest BCUT2D eigenvalue weighted by atomic mass is 10.4. The molecule has 0 unspecified atom stereocenters. The summed E-state index contributed by atoms with van der Waals surface area (Å²) >= 11 is 1.18. The predicted molar refractivity (Wildman–Crippen MR) is 68.7 cm³/mol. The van der Waals surface area contributed by atoms with Gasteiger partial charge in [-0.25, -0.2) is 0 Å². The second-order valence-electron chi connectivity index (χ2n) is 4.20. The van der Waals surface area contributed by atoms with Crippen molar-refractivity contribution in [2.45, 2.75) is 30.9 Å². The van der Waals surface area contributed by atoms with Crippen LogP contribution in [0.5, 0.6) is 0 Å². The molecule has 2 amide bonds. The van der Waals surface area contributed by atoms with E-state index in [2.05, 4.69) is 20.8 Å². The van der Waals surface area contributed by atoms with Crippen molar-refractivity contribution in [1.29, 1.82) is 0 Å². The van der Waals surface area contributed by atoms with Gasteiger partial charge in [-0.15, -0.1) is 10.2 Å². The fourth-order valence-corrected chi connectivity index (χ4v) is 1.99. The Kier molecular flexibility index (Phi) is 4.78. The van der Waals surface area contributed by atoms with Crippen molar-refractivity contribution in [3.05, 3.63) is 5.89 Å². The Hall–Kier alpha value is -1.57. The van der Waals surface area contributed by atoms with Crippen molar-refractivity contribution in [2.24, 2.45) is 0 Å². The molecule has 0 bridgehead atoms. The molecule has 1 aromatic rings. The van der Waals surface area contributed by atoms with E-state index in [0.717, 1.165) is 12.8 Å². The molecule has 8 heteroatoms. The Bertz CT molecular complexity index is 459. The average molecular weight is 284 g/mol. The molecule has 104 valence electrons. The lowest BCUT2D eigenvalue weighted by molar-refractivity contribution is -0.124. The highest BCUT2D eigenvalue weighted by Crippen LogP contribution is 2.39. The molecule has 1 heterocycles. The minimum absolute atomic E-state index is 0.00953. The zero-order chi connectivity index (χ0) is 13.7. The molecule has 1 aliphatic carbocycles. The number of hydrogen-bond donors (Lipinski definition) is 2. The molecule has 2 rings (SSSR count). The van der Waals surface area contributed by atoms with Crippen LogP contribution in [0.2, 0.25) is 0 Å². The first-order valence-corrected chi connectivity index (χ1v) is 7.17. The first kappa shape index (κ1) is 13.9. The monoisotopic (exact) mass is 284 g/mol. The van der Waals surface area contributed by atoms with Crippen LogP contribution in [0.15, 0.2) is 9.64 Å². The van der Waals surface area contributed by atoms with Gasteiger partial charge in [-0.1, -0.05) is 11.8 Å². The Balaban J connectivity index is 1.66. The van der Waals surface area contributed by atoms with Gasteiger partial charge in [0.25, 0.3) is 5.22 Å². The molecule has 1 fully saturated rings. The Labute approximate surface area is 114 Å². The van der Waals surface area contributed by atoms with Gasteiger partial charge in [0, 0.05) is 12.5 Å². The van der Waals surface area contributed by atoms with Gasteiger partial charge in [0.1, 0.15) is 0 Å². The third-order valence-electron chi connectivity index (χ3n) is 2.50. The van der Waals surface area contributed by atoms with Gasteiger partial charge in [-0.3, -0.25) is 9.59 Å². The molecule has 2 N–H and O–H groups in total. The third-order valence-corrected chi connectivity index (χ3v) is 3.31. The van der Waals surface area contributed by atoms with Crippen molar-refractivity contribution in [3.8, 4) is 0 Å². The quantitative estimate of drug-likeness (QED) is 0.699. The van der Waals surface area contributed by atoms with E-state index in [1.807, 2.05) is 6.92 Å². The van der Waals surface area contributed by atoms with Crippen molar-refractivity contribution < 1.29 is 14.0 Å². The molecule has 0 radical (unpaired) electrons. The Morgan fingerprint density at radius 1 is 1.32 bits per heavy atom. The highest BCUT2D eigenvalue weighted by molar-refractivity contribution is 7.99. The minimum Gasteiger partial charge on any atom is -0.416 e. The first-order chi connectivity index (χ1) is 9.19. The summed E-state index contributed by atoms with van der Waals surface area (Å²) < 4.78 is 5.40. The fourth-order valence-electron chi connectivity index (χ4n) is 1.39. The predicted octanol–water partition coefficient (Wildman–Crippen LogP) is 0.291. The number of thioether (sulfide) groups is 1. The highest BCUT2D eigenvalue weighted by Gasteiger charge is 2.29. The van der Waals surface area contributed by atoms with Crippen molar-refractivity contribution in [3.63, 3.8) is 0 Å². The van der Waals surface area contributed by atoms with E-state index in [0.29, 0.717) is 23.6 Å². The molecule has 1 aliphatic rings. The molecule has 0 aliphatic heterocycles. The minimum atomic E-state index is -0.234.